The summed E-state index contributed by atoms with van der Waals surface area (Å²) in [5, 5.41) is 3.58. The summed E-state index contributed by atoms with van der Waals surface area (Å²) >= 11 is 3.64. The van der Waals surface area contributed by atoms with Crippen LogP contribution in [0.15, 0.2) is 50.5 Å². The van der Waals surface area contributed by atoms with Crippen LogP contribution in [0.25, 0.3) is 11.0 Å². The minimum absolute atomic E-state index is 0. The molecule has 7 heteroatoms. The van der Waals surface area contributed by atoms with Crippen molar-refractivity contribution in [2.75, 3.05) is 0 Å². The van der Waals surface area contributed by atoms with Gasteiger partial charge in [-0.3, -0.25) is 9.59 Å². The number of rotatable bonds is 4. The summed E-state index contributed by atoms with van der Waals surface area (Å²) in [5.74, 6) is 0. The summed E-state index contributed by atoms with van der Waals surface area (Å²) in [5.41, 5.74) is 3.80. The van der Waals surface area contributed by atoms with Gasteiger partial charge < -0.3 is 15.3 Å². The Morgan fingerprint density at radius 2 is 1.78 bits per heavy atom. The van der Waals surface area contributed by atoms with Gasteiger partial charge in [0.05, 0.1) is 11.0 Å². The molecule has 1 atom stereocenters. The highest BCUT2D eigenvalue weighted by Gasteiger charge is 2.23. The molecule has 2 heterocycles. The van der Waals surface area contributed by atoms with Gasteiger partial charge in [0.15, 0.2) is 0 Å². The van der Waals surface area contributed by atoms with Crippen molar-refractivity contribution in [1.82, 2.24) is 15.3 Å². The van der Waals surface area contributed by atoms with Crippen molar-refractivity contribution in [3.63, 3.8) is 0 Å². The van der Waals surface area contributed by atoms with Gasteiger partial charge in [0.2, 0.25) is 0 Å². The second-order valence-electron chi connectivity index (χ2n) is 6.81. The molecule has 1 aliphatic heterocycles. The molecule has 1 aliphatic rings. The normalized spacial score (nSPS) is 16.0. The summed E-state index contributed by atoms with van der Waals surface area (Å²) in [7, 11) is 0. The van der Waals surface area contributed by atoms with Crippen molar-refractivity contribution < 1.29 is 0 Å². The maximum atomic E-state index is 11.7. The van der Waals surface area contributed by atoms with Crippen LogP contribution in [0.2, 0.25) is 0 Å². The Morgan fingerprint density at radius 1 is 1.04 bits per heavy atom. The van der Waals surface area contributed by atoms with Crippen LogP contribution >= 0.6 is 28.3 Å². The van der Waals surface area contributed by atoms with Crippen molar-refractivity contribution in [3.8, 4) is 0 Å². The molecule has 4 rings (SSSR count). The van der Waals surface area contributed by atoms with Gasteiger partial charge in [0.25, 0.3) is 0 Å². The van der Waals surface area contributed by atoms with Crippen LogP contribution in [0.4, 0.5) is 0 Å². The van der Waals surface area contributed by atoms with Crippen molar-refractivity contribution >= 4 is 39.4 Å². The lowest BCUT2D eigenvalue weighted by atomic mass is 9.91. The third-order valence-electron chi connectivity index (χ3n) is 5.07. The average Bonchev–Trinajstić information content (AvgIpc) is 2.65. The van der Waals surface area contributed by atoms with Crippen LogP contribution in [0, 0.1) is 0 Å². The molecule has 2 aromatic carbocycles. The Balaban J connectivity index is 0.00000210. The van der Waals surface area contributed by atoms with Gasteiger partial charge in [-0.2, -0.15) is 0 Å². The zero-order chi connectivity index (χ0) is 18.1. The number of aromatic nitrogens is 2. The molecule has 0 amide bonds. The van der Waals surface area contributed by atoms with Gasteiger partial charge in [-0.15, -0.1) is 12.4 Å². The highest BCUT2D eigenvalue weighted by atomic mass is 79.9. The lowest BCUT2D eigenvalue weighted by Crippen LogP contribution is -2.37. The number of hydrogen-bond acceptors (Lipinski definition) is 3. The van der Waals surface area contributed by atoms with Crippen molar-refractivity contribution in [2.45, 2.75) is 38.3 Å². The zero-order valence-corrected chi connectivity index (χ0v) is 17.1. The first-order chi connectivity index (χ1) is 12.6. The van der Waals surface area contributed by atoms with Crippen molar-refractivity contribution in [1.29, 1.82) is 0 Å². The number of benzene rings is 2. The van der Waals surface area contributed by atoms with Gasteiger partial charge in [-0.1, -0.05) is 46.3 Å². The maximum absolute atomic E-state index is 11.7. The second kappa shape index (κ2) is 8.42. The summed E-state index contributed by atoms with van der Waals surface area (Å²) in [6, 6.07) is 12.8. The van der Waals surface area contributed by atoms with Crippen molar-refractivity contribution in [2.24, 2.45) is 0 Å². The molecule has 27 heavy (non-hydrogen) atoms. The number of H-pyrrole nitrogens is 2. The van der Waals surface area contributed by atoms with Crippen molar-refractivity contribution in [3.05, 3.63) is 78.3 Å². The van der Waals surface area contributed by atoms with E-state index in [0.717, 1.165) is 41.2 Å². The molecular formula is C20H21BrClN3O2. The van der Waals surface area contributed by atoms with E-state index in [1.165, 1.54) is 11.1 Å². The minimum Gasteiger partial charge on any atom is -0.316 e. The van der Waals surface area contributed by atoms with Gasteiger partial charge in [0, 0.05) is 17.1 Å². The van der Waals surface area contributed by atoms with Gasteiger partial charge in [-0.05, 0) is 48.4 Å². The van der Waals surface area contributed by atoms with E-state index < -0.39 is 11.1 Å². The Morgan fingerprint density at radius 3 is 2.56 bits per heavy atom. The first-order valence-electron chi connectivity index (χ1n) is 8.85. The predicted octanol–water partition coefficient (Wildman–Crippen LogP) is 3.44. The molecule has 0 fully saturated rings. The lowest BCUT2D eigenvalue weighted by Gasteiger charge is -2.28. The molecule has 3 N–H and O–H groups in total. The Bertz CT molecular complexity index is 1060. The molecular weight excluding hydrogens is 430 g/mol. The van der Waals surface area contributed by atoms with E-state index in [2.05, 4.69) is 55.5 Å². The molecule has 0 radical (unpaired) electrons. The number of hydrogen-bond donors (Lipinski definition) is 3. The predicted molar refractivity (Wildman–Crippen MR) is 114 cm³/mol. The van der Waals surface area contributed by atoms with Crippen LogP contribution in [-0.2, 0) is 19.4 Å². The monoisotopic (exact) mass is 449 g/mol. The highest BCUT2D eigenvalue weighted by Crippen LogP contribution is 2.31. The molecule has 1 aromatic heterocycles. The number of aryl methyl sites for hydroxylation is 1. The third kappa shape index (κ3) is 4.18. The molecule has 3 aromatic rings. The fourth-order valence-corrected chi connectivity index (χ4v) is 4.35. The fourth-order valence-electron chi connectivity index (χ4n) is 3.72. The fraction of sp³-hybridized carbons (Fsp3) is 0.300. The molecule has 0 spiro atoms. The first-order valence-corrected chi connectivity index (χ1v) is 9.65. The molecule has 142 valence electrons. The molecule has 1 unspecified atom stereocenters. The quantitative estimate of drug-likeness (QED) is 0.533. The summed E-state index contributed by atoms with van der Waals surface area (Å²) in [4.78, 5) is 28.7. The first kappa shape index (κ1) is 19.9. The third-order valence-corrected chi connectivity index (χ3v) is 5.77. The molecule has 0 aliphatic carbocycles. The number of fused-ring (bicyclic) bond motifs is 3. The molecule has 0 saturated carbocycles. The van der Waals surface area contributed by atoms with E-state index in [-0.39, 0.29) is 12.4 Å². The summed E-state index contributed by atoms with van der Waals surface area (Å²) in [6.45, 7) is 0.684. The zero-order valence-electron chi connectivity index (χ0n) is 14.7. The Hall–Kier alpha value is -1.89. The Labute approximate surface area is 171 Å². The van der Waals surface area contributed by atoms with E-state index in [9.17, 15) is 9.59 Å². The van der Waals surface area contributed by atoms with E-state index in [1.54, 1.807) is 0 Å². The molecule has 0 bridgehead atoms. The van der Waals surface area contributed by atoms with E-state index in [1.807, 2.05) is 12.1 Å². The average molecular weight is 451 g/mol. The smallest absolute Gasteiger partial charge is 0.314 e. The highest BCUT2D eigenvalue weighted by molar-refractivity contribution is 9.10. The summed E-state index contributed by atoms with van der Waals surface area (Å²) in [6.07, 6.45) is 4.22. The van der Waals surface area contributed by atoms with Crippen LogP contribution in [0.1, 0.15) is 29.5 Å². The van der Waals surface area contributed by atoms with Gasteiger partial charge in [0.1, 0.15) is 0 Å². The van der Waals surface area contributed by atoms with Gasteiger partial charge >= 0.3 is 11.1 Å². The number of aromatic amines is 2. The number of halogens is 2. The number of nitrogens with one attached hydrogen (secondary N) is 3. The largest absolute Gasteiger partial charge is 0.316 e. The Kier molecular flexibility index (Phi) is 6.19. The van der Waals surface area contributed by atoms with Gasteiger partial charge in [-0.25, -0.2) is 0 Å². The maximum Gasteiger partial charge on any atom is 0.314 e. The molecule has 5 nitrogen and oxygen atoms in total. The van der Waals surface area contributed by atoms with Crippen LogP contribution in [0.5, 0.6) is 0 Å². The summed E-state index contributed by atoms with van der Waals surface area (Å²) < 4.78 is 0.984. The van der Waals surface area contributed by atoms with Crippen LogP contribution in [0.3, 0.4) is 0 Å². The van der Waals surface area contributed by atoms with E-state index in [0.29, 0.717) is 18.1 Å². The standard InChI is InChI=1S/C20H20BrN3O2.ClH/c21-16-10-17-18(24-20(26)19(25)23-17)15-11-22-13(9-14(15)16)8-4-7-12-5-2-1-3-6-12;/h1-3,5-6,10,13,22H,4,7-9,11H2,(H,23,25)(H,24,26);1H. The minimum atomic E-state index is -0.619. The topological polar surface area (TPSA) is 77.8 Å². The van der Waals surface area contributed by atoms with E-state index in [4.69, 9.17) is 0 Å². The lowest BCUT2D eigenvalue weighted by molar-refractivity contribution is 0.441. The van der Waals surface area contributed by atoms with E-state index >= 15 is 0 Å². The molecule has 0 saturated heterocycles. The van der Waals surface area contributed by atoms with Crippen LogP contribution in [-0.4, -0.2) is 16.0 Å². The SMILES string of the molecule is Cl.O=c1[nH]c2cc(Br)c3c(c2[nH]c1=O)CNC(CCCc1ccccc1)C3. The van der Waals surface area contributed by atoms with Crippen LogP contribution < -0.4 is 16.4 Å². The second-order valence-corrected chi connectivity index (χ2v) is 7.66.